The molecule has 158 valence electrons. The van der Waals surface area contributed by atoms with E-state index < -0.39 is 12.2 Å². The lowest BCUT2D eigenvalue weighted by Crippen LogP contribution is -2.56. The number of halogens is 3. The van der Waals surface area contributed by atoms with Gasteiger partial charge in [-0.2, -0.15) is 13.2 Å². The van der Waals surface area contributed by atoms with Gasteiger partial charge in [-0.3, -0.25) is 14.7 Å². The lowest BCUT2D eigenvalue weighted by atomic mass is 10.2. The number of piperazine rings is 1. The van der Waals surface area contributed by atoms with Crippen molar-refractivity contribution >= 4 is 11.9 Å². The van der Waals surface area contributed by atoms with E-state index in [9.17, 15) is 18.0 Å². The lowest BCUT2D eigenvalue weighted by molar-refractivity contribution is -0.181. The topological polar surface area (TPSA) is 73.1 Å². The minimum Gasteiger partial charge on any atom is -0.459 e. The van der Waals surface area contributed by atoms with Gasteiger partial charge >= 0.3 is 6.18 Å². The molecular formula is C18H28F3N5O2. The van der Waals surface area contributed by atoms with Crippen LogP contribution in [0.5, 0.6) is 0 Å². The number of aliphatic imine (C=N–C) groups is 1. The molecule has 10 heteroatoms. The first-order chi connectivity index (χ1) is 13.2. The molecule has 1 saturated heterocycles. The van der Waals surface area contributed by atoms with Crippen molar-refractivity contribution in [1.29, 1.82) is 0 Å². The molecular weight excluding hydrogens is 375 g/mol. The SMILES string of the molecule is CN=C(NCCCNC(=O)c1occc1C)N1CCN(C(C)C(F)(F)F)CC1. The van der Waals surface area contributed by atoms with Crippen molar-refractivity contribution in [3.05, 3.63) is 23.7 Å². The van der Waals surface area contributed by atoms with Crippen LogP contribution in [0.1, 0.15) is 29.5 Å². The van der Waals surface area contributed by atoms with Gasteiger partial charge < -0.3 is 20.0 Å². The van der Waals surface area contributed by atoms with Gasteiger partial charge in [0.25, 0.3) is 5.91 Å². The van der Waals surface area contributed by atoms with Crippen molar-refractivity contribution in [3.63, 3.8) is 0 Å². The number of hydrogen-bond donors (Lipinski definition) is 2. The average Bonchev–Trinajstić information content (AvgIpc) is 3.09. The zero-order valence-corrected chi connectivity index (χ0v) is 16.5. The number of nitrogens with zero attached hydrogens (tertiary/aromatic N) is 3. The van der Waals surface area contributed by atoms with Gasteiger partial charge in [-0.25, -0.2) is 0 Å². The number of nitrogens with one attached hydrogen (secondary N) is 2. The molecule has 1 aromatic heterocycles. The zero-order valence-electron chi connectivity index (χ0n) is 16.5. The zero-order chi connectivity index (χ0) is 20.7. The summed E-state index contributed by atoms with van der Waals surface area (Å²) >= 11 is 0. The molecule has 2 rings (SSSR count). The summed E-state index contributed by atoms with van der Waals surface area (Å²) in [5.74, 6) is 0.726. The summed E-state index contributed by atoms with van der Waals surface area (Å²) in [6.45, 7) is 5.69. The van der Waals surface area contributed by atoms with E-state index in [0.717, 1.165) is 5.56 Å². The van der Waals surface area contributed by atoms with Gasteiger partial charge in [-0.15, -0.1) is 0 Å². The number of aryl methyl sites for hydroxylation is 1. The highest BCUT2D eigenvalue weighted by molar-refractivity contribution is 5.92. The van der Waals surface area contributed by atoms with Gasteiger partial charge in [0.05, 0.1) is 6.26 Å². The molecule has 0 aliphatic carbocycles. The van der Waals surface area contributed by atoms with Gasteiger partial charge in [0.15, 0.2) is 11.7 Å². The Morgan fingerprint density at radius 1 is 1.25 bits per heavy atom. The van der Waals surface area contributed by atoms with Gasteiger partial charge in [0.1, 0.15) is 6.04 Å². The van der Waals surface area contributed by atoms with E-state index in [1.54, 1.807) is 20.0 Å². The lowest BCUT2D eigenvalue weighted by Gasteiger charge is -2.39. The predicted molar refractivity (Wildman–Crippen MR) is 100 cm³/mol. The second kappa shape index (κ2) is 9.81. The number of alkyl halides is 3. The Bertz CT molecular complexity index is 666. The number of carbonyl (C=O) groups is 1. The molecule has 0 saturated carbocycles. The monoisotopic (exact) mass is 403 g/mol. The van der Waals surface area contributed by atoms with E-state index in [2.05, 4.69) is 15.6 Å². The summed E-state index contributed by atoms with van der Waals surface area (Å²) in [7, 11) is 1.65. The van der Waals surface area contributed by atoms with Gasteiger partial charge in [0, 0.05) is 51.9 Å². The highest BCUT2D eigenvalue weighted by atomic mass is 19.4. The van der Waals surface area contributed by atoms with Crippen LogP contribution in [0, 0.1) is 6.92 Å². The molecule has 1 aliphatic rings. The number of carbonyl (C=O) groups excluding carboxylic acids is 1. The van der Waals surface area contributed by atoms with E-state index >= 15 is 0 Å². The Kier molecular flexibility index (Phi) is 7.73. The van der Waals surface area contributed by atoms with Gasteiger partial charge in [-0.05, 0) is 26.3 Å². The molecule has 1 fully saturated rings. The maximum absolute atomic E-state index is 12.8. The van der Waals surface area contributed by atoms with Crippen LogP contribution in [0.25, 0.3) is 0 Å². The molecule has 28 heavy (non-hydrogen) atoms. The summed E-state index contributed by atoms with van der Waals surface area (Å²) < 4.78 is 43.6. The Morgan fingerprint density at radius 2 is 1.89 bits per heavy atom. The van der Waals surface area contributed by atoms with E-state index in [0.29, 0.717) is 57.4 Å². The van der Waals surface area contributed by atoms with Crippen molar-refractivity contribution in [1.82, 2.24) is 20.4 Å². The molecule has 2 N–H and O–H groups in total. The molecule has 0 bridgehead atoms. The Hall–Kier alpha value is -2.23. The smallest absolute Gasteiger partial charge is 0.403 e. The van der Waals surface area contributed by atoms with Gasteiger partial charge in [-0.1, -0.05) is 0 Å². The first kappa shape index (κ1) is 22.1. The Labute approximate surface area is 163 Å². The third-order valence-corrected chi connectivity index (χ3v) is 4.84. The third-order valence-electron chi connectivity index (χ3n) is 4.84. The van der Waals surface area contributed by atoms with E-state index in [1.165, 1.54) is 18.1 Å². The molecule has 1 aromatic rings. The van der Waals surface area contributed by atoms with Crippen LogP contribution in [0.15, 0.2) is 21.7 Å². The highest BCUT2D eigenvalue weighted by Gasteiger charge is 2.41. The maximum atomic E-state index is 12.8. The molecule has 1 amide bonds. The largest absolute Gasteiger partial charge is 0.459 e. The second-order valence-electron chi connectivity index (χ2n) is 6.76. The molecule has 2 heterocycles. The maximum Gasteiger partial charge on any atom is 0.403 e. The molecule has 1 aliphatic heterocycles. The van der Waals surface area contributed by atoms with Crippen LogP contribution < -0.4 is 10.6 Å². The Balaban J connectivity index is 1.68. The van der Waals surface area contributed by atoms with Crippen molar-refractivity contribution in [2.75, 3.05) is 46.3 Å². The second-order valence-corrected chi connectivity index (χ2v) is 6.76. The fourth-order valence-corrected chi connectivity index (χ4v) is 3.04. The summed E-state index contributed by atoms with van der Waals surface area (Å²) in [4.78, 5) is 19.5. The molecule has 0 radical (unpaired) electrons. The highest BCUT2D eigenvalue weighted by Crippen LogP contribution is 2.25. The van der Waals surface area contributed by atoms with Crippen molar-refractivity contribution < 1.29 is 22.4 Å². The first-order valence-electron chi connectivity index (χ1n) is 9.32. The number of furan rings is 1. The summed E-state index contributed by atoms with van der Waals surface area (Å²) in [6.07, 6.45) is -2.05. The van der Waals surface area contributed by atoms with Crippen molar-refractivity contribution in [2.45, 2.75) is 32.5 Å². The van der Waals surface area contributed by atoms with Crippen LogP contribution in [-0.2, 0) is 0 Å². The number of rotatable bonds is 6. The molecule has 1 atom stereocenters. The van der Waals surface area contributed by atoms with E-state index in [-0.39, 0.29) is 5.91 Å². The minimum absolute atomic E-state index is 0.248. The van der Waals surface area contributed by atoms with Crippen LogP contribution in [0.4, 0.5) is 13.2 Å². The average molecular weight is 403 g/mol. The predicted octanol–water partition coefficient (Wildman–Crippen LogP) is 1.85. The normalized spacial score (nSPS) is 17.5. The quantitative estimate of drug-likeness (QED) is 0.431. The van der Waals surface area contributed by atoms with E-state index in [1.807, 2.05) is 4.90 Å². The van der Waals surface area contributed by atoms with Crippen molar-refractivity contribution in [3.8, 4) is 0 Å². The van der Waals surface area contributed by atoms with Crippen LogP contribution >= 0.6 is 0 Å². The first-order valence-corrected chi connectivity index (χ1v) is 9.32. The third kappa shape index (κ3) is 5.88. The van der Waals surface area contributed by atoms with Gasteiger partial charge in [0.2, 0.25) is 0 Å². The van der Waals surface area contributed by atoms with Crippen molar-refractivity contribution in [2.24, 2.45) is 4.99 Å². The number of guanidine groups is 1. The van der Waals surface area contributed by atoms with Crippen LogP contribution in [0.2, 0.25) is 0 Å². The summed E-state index contributed by atoms with van der Waals surface area (Å²) in [5.41, 5.74) is 0.787. The fraction of sp³-hybridized carbons (Fsp3) is 0.667. The number of amides is 1. The molecule has 7 nitrogen and oxygen atoms in total. The summed E-state index contributed by atoms with van der Waals surface area (Å²) in [5, 5.41) is 5.98. The molecule has 0 spiro atoms. The minimum atomic E-state index is -4.21. The standard InChI is InChI=1S/C18H28F3N5O2/c1-13-5-12-28-15(13)16(27)23-6-4-7-24-17(22-3)26-10-8-25(9-11-26)14(2)18(19,20)21/h5,12,14H,4,6-11H2,1-3H3,(H,22,24)(H,23,27). The molecule has 0 aromatic carbocycles. The van der Waals surface area contributed by atoms with Crippen LogP contribution in [0.3, 0.4) is 0 Å². The number of hydrogen-bond acceptors (Lipinski definition) is 4. The van der Waals surface area contributed by atoms with E-state index in [4.69, 9.17) is 4.42 Å². The molecule has 1 unspecified atom stereocenters. The summed E-state index contributed by atoms with van der Waals surface area (Å²) in [6, 6.07) is 0.293. The Morgan fingerprint density at radius 3 is 2.43 bits per heavy atom. The fourth-order valence-electron chi connectivity index (χ4n) is 3.04. The van der Waals surface area contributed by atoms with Crippen LogP contribution in [-0.4, -0.2) is 80.2 Å².